The van der Waals surface area contributed by atoms with Gasteiger partial charge in [0.15, 0.2) is 0 Å². The minimum Gasteiger partial charge on any atom is -0.384 e. The molecule has 1 aromatic rings. The van der Waals surface area contributed by atoms with Crippen molar-refractivity contribution in [2.45, 2.75) is 58.4 Å². The first-order chi connectivity index (χ1) is 10.2. The Hall–Kier alpha value is -0.860. The van der Waals surface area contributed by atoms with Gasteiger partial charge in [-0.05, 0) is 42.3 Å². The lowest BCUT2D eigenvalue weighted by Gasteiger charge is -2.41. The zero-order valence-corrected chi connectivity index (χ0v) is 14.0. The highest BCUT2D eigenvalue weighted by molar-refractivity contribution is 5.27. The fourth-order valence-corrected chi connectivity index (χ4v) is 3.72. The molecule has 2 rings (SSSR count). The van der Waals surface area contributed by atoms with Gasteiger partial charge in [0, 0.05) is 13.2 Å². The Morgan fingerprint density at radius 2 is 1.81 bits per heavy atom. The Kier molecular flexibility index (Phi) is 6.25. The van der Waals surface area contributed by atoms with Crippen molar-refractivity contribution >= 4 is 0 Å². The van der Waals surface area contributed by atoms with Gasteiger partial charge in [-0.1, -0.05) is 57.4 Å². The van der Waals surface area contributed by atoms with Gasteiger partial charge >= 0.3 is 0 Å². The summed E-state index contributed by atoms with van der Waals surface area (Å²) in [6.45, 7) is 6.52. The monoisotopic (exact) mass is 289 g/mol. The third-order valence-corrected chi connectivity index (χ3v) is 5.01. The van der Waals surface area contributed by atoms with Gasteiger partial charge in [0.1, 0.15) is 0 Å². The van der Waals surface area contributed by atoms with Crippen molar-refractivity contribution < 1.29 is 4.74 Å². The van der Waals surface area contributed by atoms with Gasteiger partial charge in [0.05, 0.1) is 6.61 Å². The van der Waals surface area contributed by atoms with E-state index in [9.17, 15) is 0 Å². The van der Waals surface area contributed by atoms with E-state index >= 15 is 0 Å². The van der Waals surface area contributed by atoms with Gasteiger partial charge in [-0.3, -0.25) is 0 Å². The molecule has 1 aromatic carbocycles. The summed E-state index contributed by atoms with van der Waals surface area (Å²) in [5.74, 6) is 0. The quantitative estimate of drug-likeness (QED) is 0.798. The number of rotatable bonds is 7. The first-order valence-electron chi connectivity index (χ1n) is 8.51. The smallest absolute Gasteiger partial charge is 0.0502 e. The summed E-state index contributed by atoms with van der Waals surface area (Å²) in [5.41, 5.74) is 3.22. The van der Waals surface area contributed by atoms with Gasteiger partial charge in [0.2, 0.25) is 0 Å². The van der Waals surface area contributed by atoms with E-state index in [1.165, 1.54) is 43.2 Å². The summed E-state index contributed by atoms with van der Waals surface area (Å²) in [4.78, 5) is 0. The van der Waals surface area contributed by atoms with E-state index in [-0.39, 0.29) is 0 Å². The van der Waals surface area contributed by atoms with Crippen LogP contribution >= 0.6 is 0 Å². The Morgan fingerprint density at radius 3 is 2.38 bits per heavy atom. The van der Waals surface area contributed by atoms with Crippen LogP contribution in [0.1, 0.15) is 63.1 Å². The zero-order valence-electron chi connectivity index (χ0n) is 14.0. The molecular weight excluding hydrogens is 258 g/mol. The van der Waals surface area contributed by atoms with E-state index in [0.29, 0.717) is 11.5 Å². The highest BCUT2D eigenvalue weighted by Crippen LogP contribution is 2.45. The molecule has 0 saturated heterocycles. The van der Waals surface area contributed by atoms with Gasteiger partial charge < -0.3 is 10.1 Å². The lowest BCUT2D eigenvalue weighted by Crippen LogP contribution is -2.37. The minimum atomic E-state index is 0.405. The topological polar surface area (TPSA) is 21.3 Å². The Labute approximate surface area is 130 Å². The number of benzene rings is 1. The molecule has 0 radical (unpaired) electrons. The standard InChI is InChI=1S/C19H31NO/c1-4-20-18(19(2)13-6-5-7-14-19)17-10-8-16(9-11-17)12-15-21-3/h8-11,18,20H,4-7,12-15H2,1-3H3. The van der Waals surface area contributed by atoms with Crippen molar-refractivity contribution in [2.75, 3.05) is 20.3 Å². The van der Waals surface area contributed by atoms with Crippen LogP contribution in [0.3, 0.4) is 0 Å². The van der Waals surface area contributed by atoms with Crippen LogP contribution in [-0.2, 0) is 11.2 Å². The second-order valence-corrected chi connectivity index (χ2v) is 6.69. The summed E-state index contributed by atoms with van der Waals surface area (Å²) >= 11 is 0. The zero-order chi connectivity index (χ0) is 15.1. The lowest BCUT2D eigenvalue weighted by molar-refractivity contribution is 0.146. The maximum atomic E-state index is 5.16. The second-order valence-electron chi connectivity index (χ2n) is 6.69. The van der Waals surface area contributed by atoms with Crippen molar-refractivity contribution in [3.05, 3.63) is 35.4 Å². The molecule has 118 valence electrons. The summed E-state index contributed by atoms with van der Waals surface area (Å²) in [7, 11) is 1.76. The first kappa shape index (κ1) is 16.5. The molecule has 21 heavy (non-hydrogen) atoms. The number of methoxy groups -OCH3 is 1. The maximum Gasteiger partial charge on any atom is 0.0502 e. The molecule has 1 aliphatic carbocycles. The molecule has 1 aliphatic rings. The largest absolute Gasteiger partial charge is 0.384 e. The molecule has 1 N–H and O–H groups in total. The Morgan fingerprint density at radius 1 is 1.14 bits per heavy atom. The molecule has 0 aromatic heterocycles. The van der Waals surface area contributed by atoms with E-state index in [2.05, 4.69) is 43.4 Å². The van der Waals surface area contributed by atoms with Gasteiger partial charge in [-0.25, -0.2) is 0 Å². The van der Waals surface area contributed by atoms with Crippen LogP contribution in [0.4, 0.5) is 0 Å². The number of ether oxygens (including phenoxy) is 1. The molecule has 1 fully saturated rings. The van der Waals surface area contributed by atoms with Gasteiger partial charge in [0.25, 0.3) is 0 Å². The fourth-order valence-electron chi connectivity index (χ4n) is 3.72. The average Bonchev–Trinajstić information content (AvgIpc) is 2.52. The molecule has 0 amide bonds. The van der Waals surface area contributed by atoms with E-state index in [1.54, 1.807) is 7.11 Å². The molecule has 1 atom stereocenters. The minimum absolute atomic E-state index is 0.405. The van der Waals surface area contributed by atoms with E-state index in [4.69, 9.17) is 4.74 Å². The molecule has 1 saturated carbocycles. The van der Waals surface area contributed by atoms with Crippen LogP contribution in [0, 0.1) is 5.41 Å². The van der Waals surface area contributed by atoms with Crippen LogP contribution in [0.15, 0.2) is 24.3 Å². The second kappa shape index (κ2) is 7.95. The molecule has 0 heterocycles. The summed E-state index contributed by atoms with van der Waals surface area (Å²) in [5, 5.41) is 3.75. The third kappa shape index (κ3) is 4.31. The molecule has 0 bridgehead atoms. The van der Waals surface area contributed by atoms with Crippen LogP contribution in [0.5, 0.6) is 0 Å². The van der Waals surface area contributed by atoms with Crippen LogP contribution in [-0.4, -0.2) is 20.3 Å². The Bertz CT molecular complexity index is 406. The summed E-state index contributed by atoms with van der Waals surface area (Å²) in [6.07, 6.45) is 7.85. The lowest BCUT2D eigenvalue weighted by atomic mass is 9.68. The molecular formula is C19H31NO. The van der Waals surface area contributed by atoms with Crippen LogP contribution in [0.2, 0.25) is 0 Å². The molecule has 0 aliphatic heterocycles. The number of hydrogen-bond donors (Lipinski definition) is 1. The fraction of sp³-hybridized carbons (Fsp3) is 0.684. The molecule has 1 unspecified atom stereocenters. The predicted molar refractivity (Wildman–Crippen MR) is 89.6 cm³/mol. The summed E-state index contributed by atoms with van der Waals surface area (Å²) < 4.78 is 5.16. The normalized spacial score (nSPS) is 19.4. The average molecular weight is 289 g/mol. The highest BCUT2D eigenvalue weighted by Gasteiger charge is 2.35. The van der Waals surface area contributed by atoms with Crippen LogP contribution in [0.25, 0.3) is 0 Å². The molecule has 0 spiro atoms. The highest BCUT2D eigenvalue weighted by atomic mass is 16.5. The molecule has 2 nitrogen and oxygen atoms in total. The summed E-state index contributed by atoms with van der Waals surface area (Å²) in [6, 6.07) is 9.66. The van der Waals surface area contributed by atoms with Gasteiger partial charge in [-0.15, -0.1) is 0 Å². The first-order valence-corrected chi connectivity index (χ1v) is 8.51. The predicted octanol–water partition coefficient (Wildman–Crippen LogP) is 4.50. The van der Waals surface area contributed by atoms with E-state index < -0.39 is 0 Å². The van der Waals surface area contributed by atoms with Crippen molar-refractivity contribution in [1.82, 2.24) is 5.32 Å². The van der Waals surface area contributed by atoms with E-state index in [1.807, 2.05) is 0 Å². The Balaban J connectivity index is 2.13. The van der Waals surface area contributed by atoms with Crippen molar-refractivity contribution in [3.8, 4) is 0 Å². The molecule has 2 heteroatoms. The number of hydrogen-bond acceptors (Lipinski definition) is 2. The maximum absolute atomic E-state index is 5.16. The third-order valence-electron chi connectivity index (χ3n) is 5.01. The van der Waals surface area contributed by atoms with Crippen molar-refractivity contribution in [2.24, 2.45) is 5.41 Å². The number of nitrogens with one attached hydrogen (secondary N) is 1. The van der Waals surface area contributed by atoms with Gasteiger partial charge in [-0.2, -0.15) is 0 Å². The van der Waals surface area contributed by atoms with Crippen LogP contribution < -0.4 is 5.32 Å². The van der Waals surface area contributed by atoms with Crippen molar-refractivity contribution in [1.29, 1.82) is 0 Å². The SMILES string of the molecule is CCNC(c1ccc(CCOC)cc1)C1(C)CCCCC1. The van der Waals surface area contributed by atoms with E-state index in [0.717, 1.165) is 19.6 Å². The van der Waals surface area contributed by atoms with Crippen molar-refractivity contribution in [3.63, 3.8) is 0 Å².